The summed E-state index contributed by atoms with van der Waals surface area (Å²) in [7, 11) is 0. The molecule has 0 saturated heterocycles. The highest BCUT2D eigenvalue weighted by Crippen LogP contribution is 2.50. The van der Waals surface area contributed by atoms with Gasteiger partial charge in [0.1, 0.15) is 11.5 Å². The van der Waals surface area contributed by atoms with E-state index < -0.39 is 5.97 Å². The number of esters is 1. The highest BCUT2D eigenvalue weighted by molar-refractivity contribution is 5.72. The highest BCUT2D eigenvalue weighted by Gasteiger charge is 2.43. The standard InChI is InChI=1S/C33H47NO8/c1-24(35)41-26-16-14-15-25(21-26)30-31(33(4,5)23-40-30)32(2,3)22-39-20-13-11-9-7-6-8-10-12-17-29(38)42-34-27(36)18-19-28(34)37/h14-16,18-19,21,36-37H,6-13,17,20,22-23H2,1-5H3. The quantitative estimate of drug-likeness (QED) is 0.118. The summed E-state index contributed by atoms with van der Waals surface area (Å²) in [5, 5.41) is 19.0. The van der Waals surface area contributed by atoms with Gasteiger partial charge in [-0.25, -0.2) is 4.79 Å². The van der Waals surface area contributed by atoms with Gasteiger partial charge in [-0.1, -0.05) is 78.4 Å². The molecule has 0 fully saturated rings. The van der Waals surface area contributed by atoms with Crippen LogP contribution in [0.1, 0.15) is 98.0 Å². The van der Waals surface area contributed by atoms with Crippen LogP contribution in [0.15, 0.2) is 42.0 Å². The second-order valence-corrected chi connectivity index (χ2v) is 12.3. The number of aromatic hydroxyl groups is 2. The van der Waals surface area contributed by atoms with Crippen molar-refractivity contribution in [3.8, 4) is 17.5 Å². The van der Waals surface area contributed by atoms with Crippen molar-refractivity contribution in [2.75, 3.05) is 19.8 Å². The number of benzene rings is 1. The van der Waals surface area contributed by atoms with Crippen molar-refractivity contribution in [1.29, 1.82) is 0 Å². The lowest BCUT2D eigenvalue weighted by Gasteiger charge is -2.34. The lowest BCUT2D eigenvalue weighted by Crippen LogP contribution is -2.31. The van der Waals surface area contributed by atoms with Gasteiger partial charge in [0.05, 0.1) is 13.2 Å². The fraction of sp³-hybridized carbons (Fsp3) is 0.576. The molecule has 9 heteroatoms. The van der Waals surface area contributed by atoms with Crippen LogP contribution >= 0.6 is 0 Å². The summed E-state index contributed by atoms with van der Waals surface area (Å²) in [5.74, 6) is -0.101. The van der Waals surface area contributed by atoms with E-state index in [0.717, 1.165) is 61.0 Å². The fourth-order valence-corrected chi connectivity index (χ4v) is 5.60. The molecule has 0 unspecified atom stereocenters. The predicted octanol–water partition coefficient (Wildman–Crippen LogP) is 6.80. The molecule has 1 aromatic heterocycles. The van der Waals surface area contributed by atoms with Gasteiger partial charge in [0.25, 0.3) is 0 Å². The summed E-state index contributed by atoms with van der Waals surface area (Å²) in [6, 6.07) is 10.00. The molecule has 9 nitrogen and oxygen atoms in total. The van der Waals surface area contributed by atoms with E-state index in [2.05, 4.69) is 27.7 Å². The molecule has 3 rings (SSSR count). The SMILES string of the molecule is CC(=O)Oc1cccc(C2=C(C(C)(C)COCCCCCCCCCCC(=O)On3c(O)ccc3O)C(C)(C)CO2)c1. The zero-order chi connectivity index (χ0) is 30.8. The third-order valence-electron chi connectivity index (χ3n) is 7.39. The zero-order valence-corrected chi connectivity index (χ0v) is 25.7. The number of hydrogen-bond acceptors (Lipinski definition) is 8. The summed E-state index contributed by atoms with van der Waals surface area (Å²) < 4.78 is 18.4. The molecule has 0 saturated carbocycles. The van der Waals surface area contributed by atoms with Gasteiger partial charge >= 0.3 is 11.9 Å². The minimum atomic E-state index is -0.481. The Kier molecular flexibility index (Phi) is 11.9. The average molecular weight is 586 g/mol. The largest absolute Gasteiger partial charge is 0.492 e. The van der Waals surface area contributed by atoms with Crippen LogP contribution in [0.2, 0.25) is 0 Å². The van der Waals surface area contributed by atoms with Crippen molar-refractivity contribution in [2.45, 2.75) is 92.4 Å². The molecule has 1 aliphatic rings. The Morgan fingerprint density at radius 3 is 2.21 bits per heavy atom. The number of rotatable bonds is 17. The van der Waals surface area contributed by atoms with E-state index in [-0.39, 0.29) is 35.0 Å². The summed E-state index contributed by atoms with van der Waals surface area (Å²) in [6.07, 6.45) is 8.48. The number of hydrogen-bond donors (Lipinski definition) is 2. The van der Waals surface area contributed by atoms with Crippen LogP contribution in [0, 0.1) is 10.8 Å². The molecular formula is C33H47NO8. The zero-order valence-electron chi connectivity index (χ0n) is 25.7. The minimum Gasteiger partial charge on any atom is -0.492 e. The fourth-order valence-electron chi connectivity index (χ4n) is 5.60. The predicted molar refractivity (Wildman–Crippen MR) is 160 cm³/mol. The molecule has 1 aliphatic heterocycles. The maximum atomic E-state index is 11.9. The Labute approximate surface area is 249 Å². The van der Waals surface area contributed by atoms with Crippen LogP contribution in [-0.2, 0) is 19.1 Å². The monoisotopic (exact) mass is 585 g/mol. The smallest absolute Gasteiger partial charge is 0.333 e. The molecule has 0 radical (unpaired) electrons. The van der Waals surface area contributed by atoms with Crippen molar-refractivity contribution in [3.05, 3.63) is 47.5 Å². The molecule has 0 bridgehead atoms. The molecule has 0 atom stereocenters. The molecular weight excluding hydrogens is 538 g/mol. The molecule has 0 amide bonds. The van der Waals surface area contributed by atoms with Crippen LogP contribution in [0.3, 0.4) is 0 Å². The number of unbranched alkanes of at least 4 members (excludes halogenated alkanes) is 7. The summed E-state index contributed by atoms with van der Waals surface area (Å²) in [6.45, 7) is 12.1. The molecule has 0 spiro atoms. The summed E-state index contributed by atoms with van der Waals surface area (Å²) in [5.41, 5.74) is 1.74. The number of carbonyl (C=O) groups excluding carboxylic acids is 2. The maximum absolute atomic E-state index is 11.9. The van der Waals surface area contributed by atoms with E-state index in [1.54, 1.807) is 6.07 Å². The first-order valence-electron chi connectivity index (χ1n) is 15.0. The van der Waals surface area contributed by atoms with Crippen LogP contribution in [0.4, 0.5) is 0 Å². The van der Waals surface area contributed by atoms with Gasteiger partial charge in [0.2, 0.25) is 11.8 Å². The van der Waals surface area contributed by atoms with E-state index in [4.69, 9.17) is 19.0 Å². The number of nitrogens with zero attached hydrogens (tertiary/aromatic N) is 1. The van der Waals surface area contributed by atoms with Crippen LogP contribution < -0.4 is 9.57 Å². The van der Waals surface area contributed by atoms with Crippen molar-refractivity contribution in [3.63, 3.8) is 0 Å². The van der Waals surface area contributed by atoms with E-state index >= 15 is 0 Å². The third kappa shape index (κ3) is 9.54. The van der Waals surface area contributed by atoms with Gasteiger partial charge in [-0.15, -0.1) is 4.73 Å². The van der Waals surface area contributed by atoms with Crippen molar-refractivity contribution < 1.29 is 38.9 Å². The van der Waals surface area contributed by atoms with E-state index in [0.29, 0.717) is 32.0 Å². The lowest BCUT2D eigenvalue weighted by molar-refractivity contribution is -0.145. The van der Waals surface area contributed by atoms with E-state index in [1.807, 2.05) is 18.2 Å². The van der Waals surface area contributed by atoms with E-state index in [1.165, 1.54) is 24.6 Å². The molecule has 2 heterocycles. The second kappa shape index (κ2) is 15.1. The first kappa shape index (κ1) is 33.0. The molecule has 42 heavy (non-hydrogen) atoms. The number of ether oxygens (including phenoxy) is 3. The number of aromatic nitrogens is 1. The van der Waals surface area contributed by atoms with Gasteiger partial charge in [0, 0.05) is 48.5 Å². The van der Waals surface area contributed by atoms with Crippen LogP contribution in [-0.4, -0.2) is 46.7 Å². The first-order chi connectivity index (χ1) is 19.9. The van der Waals surface area contributed by atoms with Crippen LogP contribution in [0.25, 0.3) is 5.76 Å². The Balaban J connectivity index is 1.32. The van der Waals surface area contributed by atoms with Gasteiger partial charge in [-0.05, 0) is 30.5 Å². The second-order valence-electron chi connectivity index (χ2n) is 12.3. The Bertz CT molecular complexity index is 1210. The first-order valence-corrected chi connectivity index (χ1v) is 15.0. The molecule has 1 aromatic carbocycles. The number of carbonyl (C=O) groups is 2. The minimum absolute atomic E-state index is 0.144. The molecule has 232 valence electrons. The average Bonchev–Trinajstić information content (AvgIpc) is 3.42. The normalized spacial score (nSPS) is 14.6. The lowest BCUT2D eigenvalue weighted by atomic mass is 9.70. The Hall–Kier alpha value is -3.46. The van der Waals surface area contributed by atoms with E-state index in [9.17, 15) is 19.8 Å². The van der Waals surface area contributed by atoms with Crippen molar-refractivity contribution >= 4 is 17.7 Å². The summed E-state index contributed by atoms with van der Waals surface area (Å²) >= 11 is 0. The third-order valence-corrected chi connectivity index (χ3v) is 7.39. The topological polar surface area (TPSA) is 116 Å². The van der Waals surface area contributed by atoms with Gasteiger partial charge < -0.3 is 29.3 Å². The van der Waals surface area contributed by atoms with Crippen LogP contribution in [0.5, 0.6) is 17.5 Å². The van der Waals surface area contributed by atoms with Crippen molar-refractivity contribution in [1.82, 2.24) is 4.73 Å². The van der Waals surface area contributed by atoms with Gasteiger partial charge in [-0.3, -0.25) is 4.79 Å². The van der Waals surface area contributed by atoms with Gasteiger partial charge in [-0.2, -0.15) is 0 Å². The van der Waals surface area contributed by atoms with Crippen molar-refractivity contribution in [2.24, 2.45) is 10.8 Å². The Morgan fingerprint density at radius 1 is 0.952 bits per heavy atom. The highest BCUT2D eigenvalue weighted by atomic mass is 16.7. The molecule has 2 aromatic rings. The molecule has 2 N–H and O–H groups in total. The Morgan fingerprint density at radius 2 is 1.57 bits per heavy atom. The maximum Gasteiger partial charge on any atom is 0.333 e. The summed E-state index contributed by atoms with van der Waals surface area (Å²) in [4.78, 5) is 28.2. The van der Waals surface area contributed by atoms with Gasteiger partial charge in [0.15, 0.2) is 0 Å². The molecule has 0 aliphatic carbocycles.